The Morgan fingerprint density at radius 3 is 3.36 bits per heavy atom. The van der Waals surface area contributed by atoms with E-state index in [1.807, 2.05) is 6.92 Å². The predicted octanol–water partition coefficient (Wildman–Crippen LogP) is 1.27. The summed E-state index contributed by atoms with van der Waals surface area (Å²) < 4.78 is 2.21. The monoisotopic (exact) mass is 186 g/mol. The maximum atomic E-state index is 4.95. The highest BCUT2D eigenvalue weighted by Crippen LogP contribution is 2.19. The topological polar surface area (TPSA) is 46.0 Å². The summed E-state index contributed by atoms with van der Waals surface area (Å²) in [7, 11) is 0. The van der Waals surface area contributed by atoms with Gasteiger partial charge in [0.25, 0.3) is 0 Å². The van der Waals surface area contributed by atoms with Crippen molar-refractivity contribution in [3.63, 3.8) is 0 Å². The highest BCUT2D eigenvalue weighted by molar-refractivity contribution is 7.99. The Balaban J connectivity index is 2.64. The smallest absolute Gasteiger partial charge is 0.217 e. The zero-order valence-electron chi connectivity index (χ0n) is 5.87. The zero-order valence-corrected chi connectivity index (χ0v) is 7.50. The van der Waals surface area contributed by atoms with Crippen molar-refractivity contribution >= 4 is 29.7 Å². The summed E-state index contributed by atoms with van der Waals surface area (Å²) in [6, 6.07) is 0. The molecule has 0 amide bonds. The minimum Gasteiger partial charge on any atom is -0.249 e. The van der Waals surface area contributed by atoms with Gasteiger partial charge in [-0.15, -0.1) is 5.10 Å². The fourth-order valence-electron chi connectivity index (χ4n) is 0.827. The van der Waals surface area contributed by atoms with E-state index in [1.54, 1.807) is 16.4 Å². The van der Waals surface area contributed by atoms with E-state index < -0.39 is 0 Å². The van der Waals surface area contributed by atoms with Gasteiger partial charge in [0.1, 0.15) is 0 Å². The number of nitrogens with one attached hydrogen (secondary N) is 1. The van der Waals surface area contributed by atoms with Gasteiger partial charge in [0.05, 0.1) is 0 Å². The van der Waals surface area contributed by atoms with Crippen molar-refractivity contribution in [1.29, 1.82) is 0 Å². The average molecular weight is 186 g/mol. The van der Waals surface area contributed by atoms with E-state index in [4.69, 9.17) is 12.2 Å². The molecule has 0 aromatic carbocycles. The number of aromatic nitrogens is 3. The van der Waals surface area contributed by atoms with Gasteiger partial charge in [0, 0.05) is 11.5 Å². The summed E-state index contributed by atoms with van der Waals surface area (Å²) >= 11 is 6.59. The predicted molar refractivity (Wildman–Crippen MR) is 46.6 cm³/mol. The maximum Gasteiger partial charge on any atom is 0.217 e. The van der Waals surface area contributed by atoms with Crippen LogP contribution in [0.1, 0.15) is 6.92 Å². The van der Waals surface area contributed by atoms with Crippen LogP contribution in [0, 0.1) is 4.77 Å². The van der Waals surface area contributed by atoms with Crippen molar-refractivity contribution < 1.29 is 0 Å². The zero-order chi connectivity index (χ0) is 7.84. The summed E-state index contributed by atoms with van der Waals surface area (Å²) in [6.45, 7) is 1.98. The van der Waals surface area contributed by atoms with Crippen molar-refractivity contribution in [2.45, 2.75) is 12.1 Å². The third kappa shape index (κ3) is 1.12. The summed E-state index contributed by atoms with van der Waals surface area (Å²) in [5.41, 5.74) is 1.07. The molecule has 2 heterocycles. The molecule has 0 fully saturated rings. The van der Waals surface area contributed by atoms with Gasteiger partial charge in [0.2, 0.25) is 9.93 Å². The Morgan fingerprint density at radius 1 is 1.73 bits per heavy atom. The number of hydrogen-bond acceptors (Lipinski definition) is 4. The third-order valence-electron chi connectivity index (χ3n) is 1.30. The number of thioether (sulfide) groups is 1. The molecule has 0 radical (unpaired) electrons. The van der Waals surface area contributed by atoms with E-state index in [9.17, 15) is 0 Å². The van der Waals surface area contributed by atoms with Crippen molar-refractivity contribution in [2.75, 3.05) is 5.75 Å². The molecule has 0 saturated heterocycles. The SMILES string of the molecule is CC1=Nn2c(n[nH]c2=S)SC1. The van der Waals surface area contributed by atoms with Crippen LogP contribution in [0.15, 0.2) is 10.3 Å². The molecule has 6 heteroatoms. The second-order valence-electron chi connectivity index (χ2n) is 2.25. The molecule has 2 rings (SSSR count). The number of fused-ring (bicyclic) bond motifs is 1. The third-order valence-corrected chi connectivity index (χ3v) is 2.65. The Bertz CT molecular complexity index is 361. The minimum absolute atomic E-state index is 0.562. The van der Waals surface area contributed by atoms with E-state index in [1.165, 1.54) is 0 Å². The summed E-state index contributed by atoms with van der Waals surface area (Å²) in [6.07, 6.45) is 0. The summed E-state index contributed by atoms with van der Waals surface area (Å²) in [5, 5.41) is 11.7. The van der Waals surface area contributed by atoms with Crippen LogP contribution in [0.4, 0.5) is 0 Å². The Labute approximate surface area is 72.7 Å². The van der Waals surface area contributed by atoms with Crippen molar-refractivity contribution in [1.82, 2.24) is 14.9 Å². The number of rotatable bonds is 0. The number of hydrogen-bond donors (Lipinski definition) is 1. The van der Waals surface area contributed by atoms with Crippen LogP contribution in [0.5, 0.6) is 0 Å². The Kier molecular flexibility index (Phi) is 1.57. The van der Waals surface area contributed by atoms with Crippen LogP contribution in [0.25, 0.3) is 0 Å². The lowest BCUT2D eigenvalue weighted by Gasteiger charge is -2.06. The van der Waals surface area contributed by atoms with Crippen molar-refractivity contribution in [3.8, 4) is 0 Å². The van der Waals surface area contributed by atoms with Crippen LogP contribution in [-0.4, -0.2) is 26.3 Å². The lowest BCUT2D eigenvalue weighted by atomic mass is 10.5. The van der Waals surface area contributed by atoms with Gasteiger partial charge in [-0.1, -0.05) is 11.8 Å². The molecular weight excluding hydrogens is 180 g/mol. The van der Waals surface area contributed by atoms with Crippen LogP contribution in [0.3, 0.4) is 0 Å². The number of nitrogens with zero attached hydrogens (tertiary/aromatic N) is 3. The van der Waals surface area contributed by atoms with E-state index in [0.717, 1.165) is 16.6 Å². The highest BCUT2D eigenvalue weighted by Gasteiger charge is 2.11. The standard InChI is InChI=1S/C5H6N4S2/c1-3-2-11-5-7-6-4(10)9(5)8-3/h2H2,1H3,(H,6,10). The molecule has 58 valence electrons. The second kappa shape index (κ2) is 2.46. The molecule has 0 bridgehead atoms. The van der Waals surface area contributed by atoms with Crippen LogP contribution >= 0.6 is 24.0 Å². The molecular formula is C5H6N4S2. The second-order valence-corrected chi connectivity index (χ2v) is 3.58. The summed E-state index contributed by atoms with van der Waals surface area (Å²) in [5.74, 6) is 0.902. The molecule has 1 N–H and O–H groups in total. The first kappa shape index (κ1) is 7.05. The highest BCUT2D eigenvalue weighted by atomic mass is 32.2. The first-order valence-corrected chi connectivity index (χ1v) is 4.51. The average Bonchev–Trinajstić information content (AvgIpc) is 2.33. The lowest BCUT2D eigenvalue weighted by Crippen LogP contribution is -2.07. The van der Waals surface area contributed by atoms with E-state index >= 15 is 0 Å². The van der Waals surface area contributed by atoms with E-state index in [0.29, 0.717) is 4.77 Å². The van der Waals surface area contributed by atoms with Crippen LogP contribution in [0.2, 0.25) is 0 Å². The quantitative estimate of drug-likeness (QED) is 0.621. The van der Waals surface area contributed by atoms with Gasteiger partial charge >= 0.3 is 0 Å². The molecule has 0 saturated carbocycles. The molecule has 1 aromatic heterocycles. The summed E-state index contributed by atoms with van der Waals surface area (Å²) in [4.78, 5) is 0. The molecule has 1 aliphatic heterocycles. The molecule has 1 aromatic rings. The number of H-pyrrole nitrogens is 1. The van der Waals surface area contributed by atoms with E-state index in [-0.39, 0.29) is 0 Å². The first-order chi connectivity index (χ1) is 5.27. The Hall–Kier alpha value is -0.620. The van der Waals surface area contributed by atoms with Gasteiger partial charge in [-0.2, -0.15) is 9.78 Å². The normalized spacial score (nSPS) is 15.9. The van der Waals surface area contributed by atoms with Crippen LogP contribution < -0.4 is 0 Å². The van der Waals surface area contributed by atoms with Gasteiger partial charge in [-0.25, -0.2) is 5.10 Å². The van der Waals surface area contributed by atoms with Gasteiger partial charge in [0.15, 0.2) is 0 Å². The Morgan fingerprint density at radius 2 is 2.55 bits per heavy atom. The van der Waals surface area contributed by atoms with Crippen molar-refractivity contribution in [3.05, 3.63) is 4.77 Å². The molecule has 0 aliphatic carbocycles. The fourth-order valence-corrected chi connectivity index (χ4v) is 1.82. The lowest BCUT2D eigenvalue weighted by molar-refractivity contribution is 0.747. The molecule has 0 unspecified atom stereocenters. The fraction of sp³-hybridized carbons (Fsp3) is 0.400. The molecule has 11 heavy (non-hydrogen) atoms. The van der Waals surface area contributed by atoms with Gasteiger partial charge in [-0.05, 0) is 19.1 Å². The largest absolute Gasteiger partial charge is 0.249 e. The van der Waals surface area contributed by atoms with Gasteiger partial charge in [-0.3, -0.25) is 0 Å². The molecule has 4 nitrogen and oxygen atoms in total. The van der Waals surface area contributed by atoms with E-state index in [2.05, 4.69) is 15.3 Å². The molecule has 1 aliphatic rings. The van der Waals surface area contributed by atoms with Gasteiger partial charge < -0.3 is 0 Å². The van der Waals surface area contributed by atoms with Crippen LogP contribution in [-0.2, 0) is 0 Å². The molecule has 0 atom stereocenters. The maximum absolute atomic E-state index is 4.95. The first-order valence-electron chi connectivity index (χ1n) is 3.12. The minimum atomic E-state index is 0.562. The number of aromatic amines is 1. The van der Waals surface area contributed by atoms with Crippen molar-refractivity contribution in [2.24, 2.45) is 5.10 Å². The molecule has 0 spiro atoms.